The number of rotatable bonds is 7. The summed E-state index contributed by atoms with van der Waals surface area (Å²) >= 11 is 7.21. The quantitative estimate of drug-likeness (QED) is 0.531. The van der Waals surface area contributed by atoms with Gasteiger partial charge in [-0.05, 0) is 38.5 Å². The maximum Gasteiger partial charge on any atom is 0.308 e. The highest BCUT2D eigenvalue weighted by Gasteiger charge is 2.16. The Balaban J connectivity index is 1.79. The molecule has 0 bridgehead atoms. The second-order valence-electron chi connectivity index (χ2n) is 6.52. The molecule has 9 heteroatoms. The number of ether oxygens (including phenoxy) is 1. The van der Waals surface area contributed by atoms with E-state index in [1.807, 2.05) is 39.0 Å². The van der Waals surface area contributed by atoms with E-state index in [0.29, 0.717) is 21.8 Å². The number of benzene rings is 1. The van der Waals surface area contributed by atoms with Crippen LogP contribution in [0.25, 0.3) is 6.08 Å². The fraction of sp³-hybridized carbons (Fsp3) is 0.333. The first kappa shape index (κ1) is 20.9. The molecule has 0 atom stereocenters. The molecule has 0 saturated heterocycles. The zero-order valence-electron chi connectivity index (χ0n) is 15.3. The van der Waals surface area contributed by atoms with Crippen LogP contribution in [0.5, 0.6) is 0 Å². The van der Waals surface area contributed by atoms with Crippen molar-refractivity contribution in [2.75, 3.05) is 17.2 Å². The van der Waals surface area contributed by atoms with E-state index in [0.717, 1.165) is 5.56 Å². The van der Waals surface area contributed by atoms with E-state index in [4.69, 9.17) is 16.3 Å². The number of amides is 1. The van der Waals surface area contributed by atoms with Crippen LogP contribution in [-0.4, -0.2) is 34.2 Å². The summed E-state index contributed by atoms with van der Waals surface area (Å²) in [5, 5.41) is 14.8. The summed E-state index contributed by atoms with van der Waals surface area (Å²) in [4.78, 5) is 23.6. The molecule has 0 spiro atoms. The lowest BCUT2D eigenvalue weighted by atomic mass is 10.2. The topological polar surface area (TPSA) is 93.2 Å². The Bertz CT molecular complexity index is 830. The van der Waals surface area contributed by atoms with Crippen LogP contribution in [0.1, 0.15) is 32.8 Å². The number of nitrogens with one attached hydrogen (secondary N) is 2. The van der Waals surface area contributed by atoms with Gasteiger partial charge in [-0.25, -0.2) is 0 Å². The molecule has 0 aliphatic rings. The van der Waals surface area contributed by atoms with Gasteiger partial charge in [-0.1, -0.05) is 41.1 Å². The highest BCUT2D eigenvalue weighted by atomic mass is 35.5. The fourth-order valence-electron chi connectivity index (χ4n) is 1.93. The van der Waals surface area contributed by atoms with E-state index in [2.05, 4.69) is 20.8 Å². The number of anilines is 2. The number of carbonyl (C=O) groups is 2. The molecule has 0 fully saturated rings. The maximum atomic E-state index is 12.0. The van der Waals surface area contributed by atoms with E-state index >= 15 is 0 Å². The molecule has 27 heavy (non-hydrogen) atoms. The minimum Gasteiger partial charge on any atom is -0.460 e. The lowest BCUT2D eigenvalue weighted by molar-refractivity contribution is -0.154. The van der Waals surface area contributed by atoms with Crippen molar-refractivity contribution in [3.8, 4) is 0 Å². The van der Waals surface area contributed by atoms with Gasteiger partial charge < -0.3 is 10.1 Å². The molecule has 2 N–H and O–H groups in total. The summed E-state index contributed by atoms with van der Waals surface area (Å²) in [5.74, 6) is -0.635. The van der Waals surface area contributed by atoms with Gasteiger partial charge in [0, 0.05) is 17.6 Å². The molecule has 144 valence electrons. The lowest BCUT2D eigenvalue weighted by Crippen LogP contribution is -2.25. The Labute approximate surface area is 166 Å². The SMILES string of the molecule is CC(C)(C)OC(=O)CCNc1nnc(NC(=O)/C=C/c2ccccc2Cl)s1. The first-order valence-corrected chi connectivity index (χ1v) is 9.45. The maximum absolute atomic E-state index is 12.0. The molecule has 1 aromatic heterocycles. The molecule has 7 nitrogen and oxygen atoms in total. The number of nitrogens with zero attached hydrogens (tertiary/aromatic N) is 2. The summed E-state index contributed by atoms with van der Waals surface area (Å²) in [6, 6.07) is 7.21. The number of aromatic nitrogens is 2. The van der Waals surface area contributed by atoms with Crippen molar-refractivity contribution in [3.63, 3.8) is 0 Å². The number of hydrogen-bond acceptors (Lipinski definition) is 7. The van der Waals surface area contributed by atoms with E-state index in [1.54, 1.807) is 12.1 Å². The van der Waals surface area contributed by atoms with Crippen LogP contribution in [-0.2, 0) is 14.3 Å². The summed E-state index contributed by atoms with van der Waals surface area (Å²) in [7, 11) is 0. The van der Waals surface area contributed by atoms with Crippen LogP contribution in [0.4, 0.5) is 10.3 Å². The van der Waals surface area contributed by atoms with Crippen LogP contribution in [0.3, 0.4) is 0 Å². The van der Waals surface area contributed by atoms with E-state index in [-0.39, 0.29) is 18.3 Å². The highest BCUT2D eigenvalue weighted by molar-refractivity contribution is 7.19. The summed E-state index contributed by atoms with van der Waals surface area (Å²) in [6.45, 7) is 5.82. The van der Waals surface area contributed by atoms with Gasteiger partial charge in [0.15, 0.2) is 0 Å². The molecule has 0 saturated carbocycles. The van der Waals surface area contributed by atoms with Gasteiger partial charge in [0.2, 0.25) is 16.2 Å². The van der Waals surface area contributed by atoms with Crippen molar-refractivity contribution in [3.05, 3.63) is 40.9 Å². The smallest absolute Gasteiger partial charge is 0.308 e. The van der Waals surface area contributed by atoms with Crippen LogP contribution < -0.4 is 10.6 Å². The third-order valence-electron chi connectivity index (χ3n) is 3.00. The van der Waals surface area contributed by atoms with E-state index in [1.165, 1.54) is 17.4 Å². The normalized spacial score (nSPS) is 11.4. The third kappa shape index (κ3) is 7.76. The summed E-state index contributed by atoms with van der Waals surface area (Å²) in [6.07, 6.45) is 3.20. The Hall–Kier alpha value is -2.45. The third-order valence-corrected chi connectivity index (χ3v) is 4.14. The van der Waals surface area contributed by atoms with Crippen molar-refractivity contribution in [2.45, 2.75) is 32.8 Å². The van der Waals surface area contributed by atoms with Crippen LogP contribution in [0, 0.1) is 0 Å². The first-order chi connectivity index (χ1) is 12.7. The predicted molar refractivity (Wildman–Crippen MR) is 108 cm³/mol. The van der Waals surface area contributed by atoms with Gasteiger partial charge in [0.05, 0.1) is 6.42 Å². The number of halogens is 1. The minimum atomic E-state index is -0.505. The van der Waals surface area contributed by atoms with Crippen molar-refractivity contribution < 1.29 is 14.3 Å². The number of carbonyl (C=O) groups excluding carboxylic acids is 2. The number of hydrogen-bond donors (Lipinski definition) is 2. The molecule has 0 radical (unpaired) electrons. The summed E-state index contributed by atoms with van der Waals surface area (Å²) in [5.41, 5.74) is 0.241. The zero-order chi connectivity index (χ0) is 19.9. The second-order valence-corrected chi connectivity index (χ2v) is 7.90. The van der Waals surface area contributed by atoms with Gasteiger partial charge in [0.1, 0.15) is 5.60 Å². The Morgan fingerprint density at radius 2 is 1.93 bits per heavy atom. The monoisotopic (exact) mass is 408 g/mol. The van der Waals surface area contributed by atoms with Gasteiger partial charge in [-0.2, -0.15) is 0 Å². The minimum absolute atomic E-state index is 0.207. The van der Waals surface area contributed by atoms with Crippen LogP contribution >= 0.6 is 22.9 Å². The molecular formula is C18H21ClN4O3S. The molecule has 1 heterocycles. The van der Waals surface area contributed by atoms with E-state index in [9.17, 15) is 9.59 Å². The Morgan fingerprint density at radius 1 is 1.22 bits per heavy atom. The zero-order valence-corrected chi connectivity index (χ0v) is 16.9. The van der Waals surface area contributed by atoms with Crippen LogP contribution in [0.15, 0.2) is 30.3 Å². The van der Waals surface area contributed by atoms with Gasteiger partial charge in [-0.3, -0.25) is 14.9 Å². The van der Waals surface area contributed by atoms with E-state index < -0.39 is 5.60 Å². The molecule has 2 aromatic rings. The predicted octanol–water partition coefficient (Wildman–Crippen LogP) is 3.99. The van der Waals surface area contributed by atoms with Crippen LogP contribution in [0.2, 0.25) is 5.02 Å². The molecule has 1 amide bonds. The average Bonchev–Trinajstić information content (AvgIpc) is 2.99. The molecule has 2 rings (SSSR count). The molecule has 0 unspecified atom stereocenters. The van der Waals surface area contributed by atoms with Crippen molar-refractivity contribution in [1.82, 2.24) is 10.2 Å². The van der Waals surface area contributed by atoms with Gasteiger partial charge in [-0.15, -0.1) is 10.2 Å². The lowest BCUT2D eigenvalue weighted by Gasteiger charge is -2.19. The van der Waals surface area contributed by atoms with Gasteiger partial charge >= 0.3 is 5.97 Å². The fourth-order valence-corrected chi connectivity index (χ4v) is 2.80. The Morgan fingerprint density at radius 3 is 2.63 bits per heavy atom. The highest BCUT2D eigenvalue weighted by Crippen LogP contribution is 2.20. The van der Waals surface area contributed by atoms with Crippen molar-refractivity contribution in [1.29, 1.82) is 0 Å². The largest absolute Gasteiger partial charge is 0.460 e. The number of esters is 1. The summed E-state index contributed by atoms with van der Waals surface area (Å²) < 4.78 is 5.22. The van der Waals surface area contributed by atoms with Crippen molar-refractivity contribution in [2.24, 2.45) is 0 Å². The average molecular weight is 409 g/mol. The second kappa shape index (κ2) is 9.48. The Kier molecular flexibility index (Phi) is 7.32. The van der Waals surface area contributed by atoms with Gasteiger partial charge in [0.25, 0.3) is 0 Å². The molecular weight excluding hydrogens is 388 g/mol. The molecule has 1 aromatic carbocycles. The molecule has 0 aliphatic carbocycles. The van der Waals surface area contributed by atoms with Crippen molar-refractivity contribution >= 4 is 51.2 Å². The standard InChI is InChI=1S/C18H21ClN4O3S/c1-18(2,3)26-15(25)10-11-20-16-22-23-17(27-16)21-14(24)9-8-12-6-4-5-7-13(12)19/h4-9H,10-11H2,1-3H3,(H,20,22)(H,21,23,24)/b9-8+. The molecule has 0 aliphatic heterocycles. The first-order valence-electron chi connectivity index (χ1n) is 8.26.